The van der Waals surface area contributed by atoms with E-state index in [1.165, 1.54) is 7.11 Å². The first-order valence-corrected chi connectivity index (χ1v) is 8.61. The van der Waals surface area contributed by atoms with Crippen LogP contribution in [-0.2, 0) is 16.0 Å². The van der Waals surface area contributed by atoms with Crippen LogP contribution in [0.25, 0.3) is 10.8 Å². The molecular formula is C22H21NO4. The zero-order chi connectivity index (χ0) is 19.2. The maximum atomic E-state index is 12.7. The molecule has 3 rings (SSSR count). The fraction of sp³-hybridized carbons (Fsp3) is 0.182. The van der Waals surface area contributed by atoms with Crippen molar-refractivity contribution in [3.8, 4) is 5.75 Å². The third-order valence-electron chi connectivity index (χ3n) is 4.42. The lowest BCUT2D eigenvalue weighted by atomic mass is 10.0. The number of amides is 1. The molecule has 0 aliphatic rings. The van der Waals surface area contributed by atoms with Gasteiger partial charge in [0.2, 0.25) is 0 Å². The van der Waals surface area contributed by atoms with Gasteiger partial charge in [0.1, 0.15) is 11.8 Å². The molecule has 5 nitrogen and oxygen atoms in total. The van der Waals surface area contributed by atoms with Crippen LogP contribution in [0.3, 0.4) is 0 Å². The van der Waals surface area contributed by atoms with Gasteiger partial charge in [0.05, 0.1) is 14.2 Å². The lowest BCUT2D eigenvalue weighted by Gasteiger charge is -2.18. The van der Waals surface area contributed by atoms with Gasteiger partial charge in [-0.25, -0.2) is 4.79 Å². The predicted molar refractivity (Wildman–Crippen MR) is 104 cm³/mol. The molecule has 0 aliphatic heterocycles. The van der Waals surface area contributed by atoms with E-state index in [1.807, 2.05) is 60.7 Å². The van der Waals surface area contributed by atoms with E-state index in [4.69, 9.17) is 9.47 Å². The van der Waals surface area contributed by atoms with Crippen molar-refractivity contribution in [1.29, 1.82) is 0 Å². The van der Waals surface area contributed by atoms with E-state index in [-0.39, 0.29) is 12.3 Å². The second-order valence-electron chi connectivity index (χ2n) is 6.13. The highest BCUT2D eigenvalue weighted by Crippen LogP contribution is 2.20. The van der Waals surface area contributed by atoms with Crippen LogP contribution in [0.4, 0.5) is 0 Å². The number of benzene rings is 3. The van der Waals surface area contributed by atoms with Crippen LogP contribution in [0, 0.1) is 0 Å². The maximum absolute atomic E-state index is 12.7. The van der Waals surface area contributed by atoms with Crippen molar-refractivity contribution in [3.05, 3.63) is 77.9 Å². The van der Waals surface area contributed by atoms with Crippen molar-refractivity contribution in [2.45, 2.75) is 12.5 Å². The summed E-state index contributed by atoms with van der Waals surface area (Å²) in [5.74, 6) is -0.174. The minimum atomic E-state index is -0.815. The molecule has 0 saturated heterocycles. The summed E-state index contributed by atoms with van der Waals surface area (Å²) in [6.45, 7) is 0. The number of methoxy groups -OCH3 is 2. The number of nitrogens with one attached hydrogen (secondary N) is 1. The Morgan fingerprint density at radius 2 is 1.63 bits per heavy atom. The first-order valence-electron chi connectivity index (χ1n) is 8.61. The monoisotopic (exact) mass is 363 g/mol. The largest absolute Gasteiger partial charge is 0.496 e. The second-order valence-corrected chi connectivity index (χ2v) is 6.13. The second kappa shape index (κ2) is 8.36. The Morgan fingerprint density at radius 3 is 2.37 bits per heavy atom. The molecule has 0 aliphatic carbocycles. The highest BCUT2D eigenvalue weighted by Gasteiger charge is 2.24. The fourth-order valence-corrected chi connectivity index (χ4v) is 3.00. The molecule has 3 aromatic rings. The van der Waals surface area contributed by atoms with Gasteiger partial charge in [-0.15, -0.1) is 0 Å². The van der Waals surface area contributed by atoms with Crippen molar-refractivity contribution >= 4 is 22.6 Å². The number of carbonyl (C=O) groups is 2. The standard InChI is InChI=1S/C22H21NO4/c1-26-20-10-6-5-9-17(20)14-19(22(25)27-2)23-21(24)18-12-11-15-7-3-4-8-16(15)13-18/h3-13,19H,14H2,1-2H3,(H,23,24)/t19-/m1/s1. The molecular weight excluding hydrogens is 342 g/mol. The van der Waals surface area contributed by atoms with Gasteiger partial charge in [0, 0.05) is 12.0 Å². The van der Waals surface area contributed by atoms with Crippen LogP contribution in [0.15, 0.2) is 66.7 Å². The third-order valence-corrected chi connectivity index (χ3v) is 4.42. The average molecular weight is 363 g/mol. The number of rotatable bonds is 6. The van der Waals surface area contributed by atoms with Gasteiger partial charge < -0.3 is 14.8 Å². The highest BCUT2D eigenvalue weighted by molar-refractivity contribution is 6.00. The van der Waals surface area contributed by atoms with E-state index in [0.29, 0.717) is 11.3 Å². The number of hydrogen-bond acceptors (Lipinski definition) is 4. The molecule has 5 heteroatoms. The summed E-state index contributed by atoms with van der Waals surface area (Å²) in [5, 5.41) is 4.79. The molecule has 0 radical (unpaired) electrons. The van der Waals surface area contributed by atoms with Crippen molar-refractivity contribution in [1.82, 2.24) is 5.32 Å². The Labute approximate surface area is 157 Å². The number of esters is 1. The highest BCUT2D eigenvalue weighted by atomic mass is 16.5. The Morgan fingerprint density at radius 1 is 0.926 bits per heavy atom. The number of para-hydroxylation sites is 1. The first kappa shape index (κ1) is 18.5. The molecule has 27 heavy (non-hydrogen) atoms. The van der Waals surface area contributed by atoms with Crippen LogP contribution >= 0.6 is 0 Å². The third kappa shape index (κ3) is 4.26. The maximum Gasteiger partial charge on any atom is 0.328 e. The Hall–Kier alpha value is -3.34. The van der Waals surface area contributed by atoms with Gasteiger partial charge in [-0.1, -0.05) is 48.5 Å². The number of hydrogen-bond donors (Lipinski definition) is 1. The zero-order valence-corrected chi connectivity index (χ0v) is 15.3. The van der Waals surface area contributed by atoms with E-state index < -0.39 is 12.0 Å². The van der Waals surface area contributed by atoms with Gasteiger partial charge in [-0.05, 0) is 34.5 Å². The minimum Gasteiger partial charge on any atom is -0.496 e. The molecule has 0 aromatic heterocycles. The number of carbonyl (C=O) groups excluding carboxylic acids is 2. The summed E-state index contributed by atoms with van der Waals surface area (Å²) in [5.41, 5.74) is 1.30. The van der Waals surface area contributed by atoms with Gasteiger partial charge in [-0.2, -0.15) is 0 Å². The lowest BCUT2D eigenvalue weighted by Crippen LogP contribution is -2.43. The summed E-state index contributed by atoms with van der Waals surface area (Å²) in [6, 6.07) is 19.8. The van der Waals surface area contributed by atoms with Crippen molar-refractivity contribution in [3.63, 3.8) is 0 Å². The Kier molecular flexibility index (Phi) is 5.71. The summed E-state index contributed by atoms with van der Waals surface area (Å²) in [4.78, 5) is 24.9. The zero-order valence-electron chi connectivity index (χ0n) is 15.3. The van der Waals surface area contributed by atoms with Gasteiger partial charge >= 0.3 is 5.97 Å². The summed E-state index contributed by atoms with van der Waals surface area (Å²) in [6.07, 6.45) is 0.274. The van der Waals surface area contributed by atoms with Crippen LogP contribution in [0.2, 0.25) is 0 Å². The Bertz CT molecular complexity index is 967. The van der Waals surface area contributed by atoms with Crippen LogP contribution < -0.4 is 10.1 Å². The molecule has 0 saturated carbocycles. The Balaban J connectivity index is 1.82. The average Bonchev–Trinajstić information content (AvgIpc) is 2.72. The molecule has 1 N–H and O–H groups in total. The van der Waals surface area contributed by atoms with E-state index in [0.717, 1.165) is 16.3 Å². The quantitative estimate of drug-likeness (QED) is 0.682. The van der Waals surface area contributed by atoms with E-state index in [2.05, 4.69) is 5.32 Å². The molecule has 1 amide bonds. The minimum absolute atomic E-state index is 0.274. The molecule has 0 spiro atoms. The van der Waals surface area contributed by atoms with Crippen LogP contribution in [0.5, 0.6) is 5.75 Å². The van der Waals surface area contributed by atoms with Crippen molar-refractivity contribution in [2.75, 3.05) is 14.2 Å². The van der Waals surface area contributed by atoms with Crippen molar-refractivity contribution < 1.29 is 19.1 Å². The van der Waals surface area contributed by atoms with Crippen LogP contribution in [0.1, 0.15) is 15.9 Å². The predicted octanol–water partition coefficient (Wildman–Crippen LogP) is 3.36. The van der Waals surface area contributed by atoms with Gasteiger partial charge in [-0.3, -0.25) is 4.79 Å². The number of fused-ring (bicyclic) bond motifs is 1. The fourth-order valence-electron chi connectivity index (χ4n) is 3.00. The van der Waals surface area contributed by atoms with Crippen LogP contribution in [-0.4, -0.2) is 32.1 Å². The molecule has 3 aromatic carbocycles. The van der Waals surface area contributed by atoms with E-state index in [9.17, 15) is 9.59 Å². The molecule has 138 valence electrons. The molecule has 0 heterocycles. The smallest absolute Gasteiger partial charge is 0.328 e. The molecule has 0 bridgehead atoms. The normalized spacial score (nSPS) is 11.6. The first-order chi connectivity index (χ1) is 13.1. The van der Waals surface area contributed by atoms with Gasteiger partial charge in [0.25, 0.3) is 5.91 Å². The molecule has 0 unspecified atom stereocenters. The van der Waals surface area contributed by atoms with E-state index in [1.54, 1.807) is 13.2 Å². The summed E-state index contributed by atoms with van der Waals surface area (Å²) >= 11 is 0. The molecule has 1 atom stereocenters. The summed E-state index contributed by atoms with van der Waals surface area (Å²) in [7, 11) is 2.87. The van der Waals surface area contributed by atoms with E-state index >= 15 is 0 Å². The van der Waals surface area contributed by atoms with Gasteiger partial charge in [0.15, 0.2) is 0 Å². The molecule has 0 fully saturated rings. The topological polar surface area (TPSA) is 64.6 Å². The lowest BCUT2D eigenvalue weighted by molar-refractivity contribution is -0.142. The summed E-state index contributed by atoms with van der Waals surface area (Å²) < 4.78 is 10.2. The van der Waals surface area contributed by atoms with Crippen molar-refractivity contribution in [2.24, 2.45) is 0 Å². The SMILES string of the molecule is COC(=O)[C@@H](Cc1ccccc1OC)NC(=O)c1ccc2ccccc2c1. The number of ether oxygens (including phenoxy) is 2.